The third-order valence-electron chi connectivity index (χ3n) is 3.28. The molecule has 0 radical (unpaired) electrons. The lowest BCUT2D eigenvalue weighted by atomic mass is 10.0. The molecule has 0 saturated carbocycles. The largest absolute Gasteiger partial charge is 0.493 e. The van der Waals surface area contributed by atoms with Crippen molar-refractivity contribution in [3.8, 4) is 16.9 Å². The molecule has 0 atom stereocenters. The zero-order chi connectivity index (χ0) is 17.9. The molecule has 24 heavy (non-hydrogen) atoms. The summed E-state index contributed by atoms with van der Waals surface area (Å²) in [7, 11) is 0. The van der Waals surface area contributed by atoms with Crippen LogP contribution in [0.2, 0.25) is 0 Å². The van der Waals surface area contributed by atoms with Crippen molar-refractivity contribution in [2.45, 2.75) is 20.0 Å². The Morgan fingerprint density at radius 2 is 1.71 bits per heavy atom. The fourth-order valence-electron chi connectivity index (χ4n) is 2.38. The predicted molar refractivity (Wildman–Crippen MR) is 80.6 cm³/mol. The number of hydrogen-bond donors (Lipinski definition) is 0. The number of esters is 1. The Balaban J connectivity index is 2.75. The minimum absolute atomic E-state index is 0.0489. The molecular weight excluding hydrogens is 325 g/mol. The summed E-state index contributed by atoms with van der Waals surface area (Å²) in [6.45, 7) is 3.50. The van der Waals surface area contributed by atoms with Crippen LogP contribution in [0.25, 0.3) is 11.1 Å². The highest BCUT2D eigenvalue weighted by Crippen LogP contribution is 2.41. The van der Waals surface area contributed by atoms with E-state index in [-0.39, 0.29) is 35.7 Å². The van der Waals surface area contributed by atoms with Crippen LogP contribution in [-0.4, -0.2) is 31.1 Å². The third kappa shape index (κ3) is 3.34. The Morgan fingerprint density at radius 1 is 1.04 bits per heavy atom. The molecule has 2 rings (SSSR count). The number of hydrogen-bond acceptors (Lipinski definition) is 4. The number of alkyl halides is 3. The average Bonchev–Trinajstić information content (AvgIpc) is 2.76. The summed E-state index contributed by atoms with van der Waals surface area (Å²) >= 11 is 0. The Bertz CT molecular complexity index is 737. The zero-order valence-corrected chi connectivity index (χ0v) is 13.1. The van der Waals surface area contributed by atoms with Gasteiger partial charge in [0.15, 0.2) is 0 Å². The highest BCUT2D eigenvalue weighted by atomic mass is 19.4. The molecule has 2 aliphatic carbocycles. The normalized spacial score (nSPS) is 11.4. The van der Waals surface area contributed by atoms with Gasteiger partial charge in [0.1, 0.15) is 5.75 Å². The van der Waals surface area contributed by atoms with E-state index in [2.05, 4.69) is 0 Å². The van der Waals surface area contributed by atoms with Crippen molar-refractivity contribution in [1.29, 1.82) is 0 Å². The van der Waals surface area contributed by atoms with Crippen LogP contribution < -0.4 is 4.74 Å². The van der Waals surface area contributed by atoms with E-state index in [9.17, 15) is 22.8 Å². The molecule has 0 amide bonds. The number of halogens is 3. The van der Waals surface area contributed by atoms with E-state index in [4.69, 9.17) is 9.47 Å². The Labute approximate surface area is 136 Å². The van der Waals surface area contributed by atoms with Crippen molar-refractivity contribution in [1.82, 2.24) is 0 Å². The second-order valence-electron chi connectivity index (χ2n) is 4.82. The maximum absolute atomic E-state index is 12.9. The lowest BCUT2D eigenvalue weighted by Crippen LogP contribution is -2.22. The van der Waals surface area contributed by atoms with Gasteiger partial charge in [0.25, 0.3) is 5.78 Å². The first kappa shape index (κ1) is 17.8. The minimum atomic E-state index is -5.06. The summed E-state index contributed by atoms with van der Waals surface area (Å²) in [4.78, 5) is 23.9. The second kappa shape index (κ2) is 6.90. The molecule has 0 aromatic rings. The van der Waals surface area contributed by atoms with E-state index in [1.165, 1.54) is 12.1 Å². The van der Waals surface area contributed by atoms with Crippen molar-refractivity contribution in [3.05, 3.63) is 41.5 Å². The van der Waals surface area contributed by atoms with Gasteiger partial charge in [-0.05, 0) is 26.0 Å². The Morgan fingerprint density at radius 3 is 2.29 bits per heavy atom. The SMILES string of the molecule is CCOC(=O)c1cc(C(=O)C(F)(F)F)c2c(OCC)ccccc1-2. The molecule has 0 heterocycles. The highest BCUT2D eigenvalue weighted by Gasteiger charge is 2.43. The van der Waals surface area contributed by atoms with Crippen LogP contribution in [0, 0.1) is 0 Å². The standard InChI is InChI=1S/C17H15F3O4/c1-3-23-13-8-6-5-7-10-11(16(22)24-4-2)9-12(14(10)13)15(21)17(18,19)20/h5-9H,3-4H2,1-2H3. The summed E-state index contributed by atoms with van der Waals surface area (Å²) in [5, 5.41) is 0. The number of carbonyl (C=O) groups excluding carboxylic acids is 2. The monoisotopic (exact) mass is 340 g/mol. The van der Waals surface area contributed by atoms with Gasteiger partial charge in [-0.15, -0.1) is 0 Å². The topological polar surface area (TPSA) is 52.6 Å². The summed E-state index contributed by atoms with van der Waals surface area (Å²) < 4.78 is 49.0. The van der Waals surface area contributed by atoms with Crippen LogP contribution in [0.15, 0.2) is 30.3 Å². The molecule has 0 N–H and O–H groups in total. The molecule has 0 saturated heterocycles. The van der Waals surface area contributed by atoms with E-state index in [0.717, 1.165) is 6.07 Å². The van der Waals surface area contributed by atoms with E-state index in [0.29, 0.717) is 0 Å². The smallest absolute Gasteiger partial charge is 0.454 e. The molecule has 0 spiro atoms. The summed E-state index contributed by atoms with van der Waals surface area (Å²) in [5.41, 5.74) is -0.599. The van der Waals surface area contributed by atoms with Gasteiger partial charge in [-0.25, -0.2) is 4.79 Å². The maximum Gasteiger partial charge on any atom is 0.454 e. The lowest BCUT2D eigenvalue weighted by molar-refractivity contribution is -0.0884. The van der Waals surface area contributed by atoms with Gasteiger partial charge >= 0.3 is 12.1 Å². The number of ether oxygens (including phenoxy) is 2. The van der Waals surface area contributed by atoms with Crippen LogP contribution in [0.3, 0.4) is 0 Å². The van der Waals surface area contributed by atoms with Crippen LogP contribution >= 0.6 is 0 Å². The predicted octanol–water partition coefficient (Wildman–Crippen LogP) is 4.11. The maximum atomic E-state index is 12.9. The summed E-state index contributed by atoms with van der Waals surface area (Å²) in [5.74, 6) is -2.73. The van der Waals surface area contributed by atoms with E-state index >= 15 is 0 Å². The number of rotatable bonds is 5. The number of ketones is 1. The second-order valence-corrected chi connectivity index (χ2v) is 4.82. The molecule has 0 aliphatic heterocycles. The van der Waals surface area contributed by atoms with E-state index < -0.39 is 23.5 Å². The first-order chi connectivity index (χ1) is 11.3. The average molecular weight is 340 g/mol. The molecule has 128 valence electrons. The fraction of sp³-hybridized carbons (Fsp3) is 0.294. The van der Waals surface area contributed by atoms with E-state index in [1.807, 2.05) is 0 Å². The number of fused-ring (bicyclic) bond motifs is 1. The van der Waals surface area contributed by atoms with Crippen molar-refractivity contribution in [2.75, 3.05) is 13.2 Å². The van der Waals surface area contributed by atoms with Gasteiger partial charge in [0.2, 0.25) is 0 Å². The minimum Gasteiger partial charge on any atom is -0.493 e. The van der Waals surface area contributed by atoms with Crippen LogP contribution in [0.5, 0.6) is 5.75 Å². The van der Waals surface area contributed by atoms with Gasteiger partial charge in [-0.1, -0.05) is 18.2 Å². The summed E-state index contributed by atoms with van der Waals surface area (Å²) in [6, 6.07) is 6.93. The Hall–Kier alpha value is -2.57. The van der Waals surface area contributed by atoms with Crippen molar-refractivity contribution < 1.29 is 32.2 Å². The summed E-state index contributed by atoms with van der Waals surface area (Å²) in [6.07, 6.45) is -5.06. The highest BCUT2D eigenvalue weighted by molar-refractivity contribution is 6.13. The van der Waals surface area contributed by atoms with Crippen molar-refractivity contribution >= 4 is 11.8 Å². The number of carbonyl (C=O) groups is 2. The fourth-order valence-corrected chi connectivity index (χ4v) is 2.38. The zero-order valence-electron chi connectivity index (χ0n) is 13.1. The molecular formula is C17H15F3O4. The molecule has 7 heteroatoms. The van der Waals surface area contributed by atoms with Crippen LogP contribution in [0.1, 0.15) is 34.6 Å². The van der Waals surface area contributed by atoms with Gasteiger partial charge in [0, 0.05) is 16.7 Å². The lowest BCUT2D eigenvalue weighted by Gasteiger charge is -2.10. The third-order valence-corrected chi connectivity index (χ3v) is 3.28. The first-order valence-corrected chi connectivity index (χ1v) is 7.28. The quantitative estimate of drug-likeness (QED) is 0.607. The molecule has 0 unspecified atom stereocenters. The van der Waals surface area contributed by atoms with Crippen LogP contribution in [0.4, 0.5) is 13.2 Å². The molecule has 4 nitrogen and oxygen atoms in total. The number of Topliss-reactive ketones (excluding diaryl/α,β-unsaturated/α-hetero) is 1. The van der Waals surface area contributed by atoms with Gasteiger partial charge in [-0.2, -0.15) is 13.2 Å². The molecule has 0 fully saturated rings. The van der Waals surface area contributed by atoms with Gasteiger partial charge in [-0.3, -0.25) is 4.79 Å². The van der Waals surface area contributed by atoms with Crippen molar-refractivity contribution in [2.24, 2.45) is 0 Å². The van der Waals surface area contributed by atoms with Crippen molar-refractivity contribution in [3.63, 3.8) is 0 Å². The molecule has 2 aliphatic rings. The Kier molecular flexibility index (Phi) is 5.11. The first-order valence-electron chi connectivity index (χ1n) is 7.28. The van der Waals surface area contributed by atoms with Crippen LogP contribution in [-0.2, 0) is 4.74 Å². The molecule has 0 aromatic carbocycles. The molecule has 0 aromatic heterocycles. The molecule has 0 bridgehead atoms. The van der Waals surface area contributed by atoms with E-state index in [1.54, 1.807) is 26.0 Å². The van der Waals surface area contributed by atoms with Gasteiger partial charge < -0.3 is 9.47 Å². The van der Waals surface area contributed by atoms with Gasteiger partial charge in [0.05, 0.1) is 18.8 Å².